The van der Waals surface area contributed by atoms with Gasteiger partial charge in [-0.05, 0) is 24.3 Å². The third-order valence-electron chi connectivity index (χ3n) is 3.70. The highest BCUT2D eigenvalue weighted by Crippen LogP contribution is 2.06. The fourth-order valence-corrected chi connectivity index (χ4v) is 3.16. The van der Waals surface area contributed by atoms with E-state index in [0.29, 0.717) is 0 Å². The summed E-state index contributed by atoms with van der Waals surface area (Å²) in [6, 6.07) is 10.0. The monoisotopic (exact) mass is 452 g/mol. The minimum Gasteiger partial charge on any atom is -0.872 e. The van der Waals surface area contributed by atoms with E-state index >= 15 is 0 Å². The molecule has 0 radical (unpaired) electrons. The van der Waals surface area contributed by atoms with Crippen LogP contribution in [0.5, 0.6) is 11.5 Å². The summed E-state index contributed by atoms with van der Waals surface area (Å²) in [6.07, 6.45) is 0. The van der Waals surface area contributed by atoms with E-state index in [1.807, 2.05) is 0 Å². The normalized spacial score (nSPS) is 10.0. The molecule has 172 valence electrons. The second-order valence-electron chi connectivity index (χ2n) is 7.19. The van der Waals surface area contributed by atoms with Crippen LogP contribution in [0.1, 0.15) is 20.7 Å². The molecule has 0 atom stereocenters. The molecule has 0 aliphatic heterocycles. The van der Waals surface area contributed by atoms with Gasteiger partial charge in [-0.25, -0.2) is 9.59 Å². The number of nitrogens with one attached hydrogen (secondary N) is 2. The van der Waals surface area contributed by atoms with Crippen LogP contribution < -0.4 is 20.0 Å². The highest BCUT2D eigenvalue weighted by atomic mass is 32.2. The van der Waals surface area contributed by atoms with Crippen molar-refractivity contribution >= 4 is 23.7 Å². The van der Waals surface area contributed by atoms with Crippen molar-refractivity contribution in [1.82, 2.24) is 0 Å². The van der Waals surface area contributed by atoms with Crippen LogP contribution in [-0.2, 0) is 0 Å². The van der Waals surface area contributed by atoms with Gasteiger partial charge >= 0.3 is 11.9 Å². The van der Waals surface area contributed by atoms with Crippen LogP contribution in [0.3, 0.4) is 0 Å². The number of aromatic carboxylic acids is 2. The number of carboxylic acid groups (broad SMARTS) is 2. The molecule has 4 N–H and O–H groups in total. The molecule has 0 saturated carbocycles. The van der Waals surface area contributed by atoms with Gasteiger partial charge in [-0.2, -0.15) is 11.8 Å². The molecule has 8 nitrogen and oxygen atoms in total. The Hall–Kier alpha value is -2.75. The maximum Gasteiger partial charge on any atom is 0.335 e. The Labute approximate surface area is 187 Å². The van der Waals surface area contributed by atoms with Gasteiger partial charge in [0.25, 0.3) is 0 Å². The lowest BCUT2D eigenvalue weighted by Crippen LogP contribution is -3.06. The van der Waals surface area contributed by atoms with E-state index in [9.17, 15) is 19.8 Å². The van der Waals surface area contributed by atoms with Crippen LogP contribution in [0.25, 0.3) is 0 Å². The average Bonchev–Trinajstić information content (AvgIpc) is 2.69. The first-order valence-corrected chi connectivity index (χ1v) is 10.8. The quantitative estimate of drug-likeness (QED) is 0.375. The Balaban J connectivity index is 0.000000436. The maximum absolute atomic E-state index is 10.5. The molecule has 0 heterocycles. The second kappa shape index (κ2) is 16.0. The van der Waals surface area contributed by atoms with Crippen molar-refractivity contribution in [3.63, 3.8) is 0 Å². The van der Waals surface area contributed by atoms with E-state index in [0.717, 1.165) is 0 Å². The summed E-state index contributed by atoms with van der Waals surface area (Å²) in [4.78, 5) is 23.5. The molecular formula is C22H32N2O6S. The topological polar surface area (TPSA) is 130 Å². The van der Waals surface area contributed by atoms with Crippen molar-refractivity contribution in [2.45, 2.75) is 0 Å². The van der Waals surface area contributed by atoms with Crippen molar-refractivity contribution in [3.05, 3.63) is 59.7 Å². The third-order valence-corrected chi connectivity index (χ3v) is 4.68. The Morgan fingerprint density at radius 3 is 1.23 bits per heavy atom. The van der Waals surface area contributed by atoms with Gasteiger partial charge in [0.05, 0.1) is 52.4 Å². The molecule has 0 unspecified atom stereocenters. The highest BCUT2D eigenvalue weighted by molar-refractivity contribution is 7.99. The van der Waals surface area contributed by atoms with Crippen molar-refractivity contribution < 1.29 is 39.8 Å². The van der Waals surface area contributed by atoms with Crippen LogP contribution in [0.4, 0.5) is 0 Å². The second-order valence-corrected chi connectivity index (χ2v) is 8.41. The Bertz CT molecular complexity index is 699. The molecule has 0 aromatic heterocycles. The number of hydrogen-bond acceptors (Lipinski definition) is 5. The number of hydrogen-bond donors (Lipinski definition) is 4. The van der Waals surface area contributed by atoms with Gasteiger partial charge in [-0.1, -0.05) is 24.3 Å². The molecule has 0 saturated heterocycles. The predicted octanol–water partition coefficient (Wildman–Crippen LogP) is -1.07. The van der Waals surface area contributed by atoms with Gasteiger partial charge in [0, 0.05) is 11.5 Å². The van der Waals surface area contributed by atoms with Gasteiger partial charge in [0.15, 0.2) is 0 Å². The SMILES string of the molecule is C[NH+](C)CCSCC[NH+](C)C.O=C(O)c1ccc([O-])cc1.O=C(O)c1ccc([O-])cc1. The molecule has 2 aromatic carbocycles. The van der Waals surface area contributed by atoms with Crippen LogP contribution in [0.15, 0.2) is 48.5 Å². The molecule has 0 fully saturated rings. The van der Waals surface area contributed by atoms with Crippen molar-refractivity contribution in [3.8, 4) is 11.5 Å². The summed E-state index contributed by atoms with van der Waals surface area (Å²) in [5, 5.41) is 37.6. The summed E-state index contributed by atoms with van der Waals surface area (Å²) in [5.74, 6) is 0.223. The zero-order valence-corrected chi connectivity index (χ0v) is 19.2. The molecule has 2 aromatic rings. The van der Waals surface area contributed by atoms with Crippen LogP contribution in [0, 0.1) is 0 Å². The van der Waals surface area contributed by atoms with E-state index in [-0.39, 0.29) is 22.6 Å². The van der Waals surface area contributed by atoms with Crippen molar-refractivity contribution in [1.29, 1.82) is 0 Å². The Kier molecular flexibility index (Phi) is 14.6. The molecule has 2 rings (SSSR count). The molecule has 0 aliphatic rings. The van der Waals surface area contributed by atoms with Crippen molar-refractivity contribution in [2.75, 3.05) is 52.8 Å². The number of carbonyl (C=O) groups is 2. The van der Waals surface area contributed by atoms with Crippen LogP contribution in [0.2, 0.25) is 0 Å². The van der Waals surface area contributed by atoms with E-state index in [1.165, 1.54) is 73.1 Å². The predicted molar refractivity (Wildman–Crippen MR) is 118 cm³/mol. The molecule has 9 heteroatoms. The first-order chi connectivity index (χ1) is 14.5. The number of carboxylic acids is 2. The molecule has 0 amide bonds. The molecule has 0 spiro atoms. The van der Waals surface area contributed by atoms with E-state index in [4.69, 9.17) is 10.2 Å². The first-order valence-electron chi connectivity index (χ1n) is 9.69. The zero-order chi connectivity index (χ0) is 23.8. The summed E-state index contributed by atoms with van der Waals surface area (Å²) in [6.45, 7) is 2.57. The summed E-state index contributed by atoms with van der Waals surface area (Å²) >= 11 is 2.07. The largest absolute Gasteiger partial charge is 0.872 e. The van der Waals surface area contributed by atoms with E-state index in [2.05, 4.69) is 40.0 Å². The molecule has 0 bridgehead atoms. The Morgan fingerprint density at radius 1 is 0.710 bits per heavy atom. The lowest BCUT2D eigenvalue weighted by molar-refractivity contribution is -0.856. The highest BCUT2D eigenvalue weighted by Gasteiger charge is 1.98. The molecular weight excluding hydrogens is 420 g/mol. The van der Waals surface area contributed by atoms with E-state index in [1.54, 1.807) is 9.80 Å². The van der Waals surface area contributed by atoms with E-state index < -0.39 is 11.9 Å². The summed E-state index contributed by atoms with van der Waals surface area (Å²) in [7, 11) is 8.82. The molecule has 0 aliphatic carbocycles. The summed E-state index contributed by atoms with van der Waals surface area (Å²) in [5.41, 5.74) is 0.277. The fraction of sp³-hybridized carbons (Fsp3) is 0.364. The smallest absolute Gasteiger partial charge is 0.335 e. The third kappa shape index (κ3) is 15.7. The van der Waals surface area contributed by atoms with Crippen molar-refractivity contribution in [2.24, 2.45) is 0 Å². The fourth-order valence-electron chi connectivity index (χ4n) is 1.85. The van der Waals surface area contributed by atoms with Gasteiger partial charge in [-0.3, -0.25) is 0 Å². The lowest BCUT2D eigenvalue weighted by Gasteiger charge is -2.08. The number of thioether (sulfide) groups is 1. The van der Waals surface area contributed by atoms with Crippen LogP contribution >= 0.6 is 11.8 Å². The zero-order valence-electron chi connectivity index (χ0n) is 18.4. The standard InChI is InChI=1S/C8H20N2S.2C7H6O3/c1-9(2)5-7-11-8-6-10(3)4;2*8-6-3-1-5(2-4-6)7(9)10/h5-8H2,1-4H3;2*1-4,8H,(H,9,10). The van der Waals surface area contributed by atoms with Gasteiger partial charge in [0.1, 0.15) is 0 Å². The minimum atomic E-state index is -1.01. The average molecular weight is 453 g/mol. The number of benzene rings is 2. The Morgan fingerprint density at radius 2 is 1.00 bits per heavy atom. The number of rotatable bonds is 8. The van der Waals surface area contributed by atoms with Gasteiger partial charge < -0.3 is 30.2 Å². The van der Waals surface area contributed by atoms with Gasteiger partial charge in [0.2, 0.25) is 0 Å². The lowest BCUT2D eigenvalue weighted by atomic mass is 10.2. The first kappa shape index (κ1) is 28.2. The summed E-state index contributed by atoms with van der Waals surface area (Å²) < 4.78 is 0. The minimum absolute atomic E-state index is 0.139. The van der Waals surface area contributed by atoms with Crippen LogP contribution in [-0.4, -0.2) is 74.9 Å². The van der Waals surface area contributed by atoms with Gasteiger partial charge in [-0.15, -0.1) is 11.5 Å². The number of quaternary nitrogens is 2. The maximum atomic E-state index is 10.5. The molecule has 31 heavy (non-hydrogen) atoms.